The summed E-state index contributed by atoms with van der Waals surface area (Å²) in [6.45, 7) is 1.44. The first-order valence-corrected chi connectivity index (χ1v) is 8.21. The lowest BCUT2D eigenvalue weighted by Crippen LogP contribution is -2.17. The number of nitrogens with zero attached hydrogens (tertiary/aromatic N) is 5. The van der Waals surface area contributed by atoms with Gasteiger partial charge >= 0.3 is 5.97 Å². The van der Waals surface area contributed by atoms with E-state index in [0.717, 1.165) is 10.4 Å². The number of thiophene rings is 1. The molecule has 128 valence electrons. The highest BCUT2D eigenvalue weighted by Crippen LogP contribution is 2.22. The summed E-state index contributed by atoms with van der Waals surface area (Å²) >= 11 is 1.51. The van der Waals surface area contributed by atoms with E-state index in [0.29, 0.717) is 11.4 Å². The third-order valence-electron chi connectivity index (χ3n) is 3.36. The molecule has 10 heteroatoms. The first kappa shape index (κ1) is 16.7. The number of tetrazole rings is 1. The predicted molar refractivity (Wildman–Crippen MR) is 88.7 cm³/mol. The molecule has 9 nitrogen and oxygen atoms in total. The van der Waals surface area contributed by atoms with Crippen LogP contribution in [0.1, 0.15) is 18.6 Å². The fourth-order valence-corrected chi connectivity index (χ4v) is 2.76. The smallest absolute Gasteiger partial charge is 0.330 e. The quantitative estimate of drug-likeness (QED) is 0.377. The maximum absolute atomic E-state index is 12.0. The Hall–Kier alpha value is -3.14. The molecule has 0 saturated carbocycles. The second-order valence-electron chi connectivity index (χ2n) is 5.14. The van der Waals surface area contributed by atoms with Crippen molar-refractivity contribution in [2.75, 3.05) is 0 Å². The van der Waals surface area contributed by atoms with Gasteiger partial charge in [-0.25, -0.2) is 4.79 Å². The number of hydrogen-bond acceptors (Lipinski definition) is 8. The molecule has 0 aliphatic rings. The van der Waals surface area contributed by atoms with E-state index in [1.54, 1.807) is 19.1 Å². The van der Waals surface area contributed by atoms with E-state index in [-0.39, 0.29) is 12.2 Å². The highest BCUT2D eigenvalue weighted by Gasteiger charge is 2.16. The lowest BCUT2D eigenvalue weighted by atomic mass is 10.1. The van der Waals surface area contributed by atoms with E-state index in [2.05, 4.69) is 15.4 Å². The Morgan fingerprint density at radius 1 is 1.44 bits per heavy atom. The van der Waals surface area contributed by atoms with Crippen molar-refractivity contribution in [3.05, 3.63) is 56.8 Å². The second-order valence-corrected chi connectivity index (χ2v) is 5.92. The molecule has 0 unspecified atom stereocenters. The maximum Gasteiger partial charge on any atom is 0.330 e. The summed E-state index contributed by atoms with van der Waals surface area (Å²) < 4.78 is 5.29. The van der Waals surface area contributed by atoms with Crippen molar-refractivity contribution in [3.63, 3.8) is 0 Å². The molecule has 0 aliphatic carbocycles. The third-order valence-corrected chi connectivity index (χ3v) is 4.04. The lowest BCUT2D eigenvalue weighted by molar-refractivity contribution is -0.385. The van der Waals surface area contributed by atoms with Gasteiger partial charge in [0, 0.05) is 23.1 Å². The predicted octanol–water partition coefficient (Wildman–Crippen LogP) is 2.61. The van der Waals surface area contributed by atoms with Gasteiger partial charge in [0.25, 0.3) is 5.69 Å². The van der Waals surface area contributed by atoms with Crippen LogP contribution >= 0.6 is 11.3 Å². The largest absolute Gasteiger partial charge is 0.456 e. The number of aromatic nitrogens is 4. The van der Waals surface area contributed by atoms with Crippen molar-refractivity contribution in [2.24, 2.45) is 0 Å². The Kier molecular flexibility index (Phi) is 4.80. The van der Waals surface area contributed by atoms with Gasteiger partial charge in [-0.3, -0.25) is 10.1 Å². The average molecular weight is 359 g/mol. The summed E-state index contributed by atoms with van der Waals surface area (Å²) in [4.78, 5) is 23.5. The summed E-state index contributed by atoms with van der Waals surface area (Å²) in [5, 5.41) is 26.4. The lowest BCUT2D eigenvalue weighted by Gasteiger charge is -2.13. The van der Waals surface area contributed by atoms with Gasteiger partial charge in [0.2, 0.25) is 5.82 Å². The van der Waals surface area contributed by atoms with E-state index >= 15 is 0 Å². The highest BCUT2D eigenvalue weighted by molar-refractivity contribution is 7.08. The van der Waals surface area contributed by atoms with Gasteiger partial charge in [0.05, 0.1) is 4.92 Å². The third kappa shape index (κ3) is 4.04. The minimum atomic E-state index is -0.632. The molecule has 0 N–H and O–H groups in total. The molecule has 25 heavy (non-hydrogen) atoms. The monoisotopic (exact) mass is 359 g/mol. The van der Waals surface area contributed by atoms with Gasteiger partial charge in [0.15, 0.2) is 6.54 Å². The summed E-state index contributed by atoms with van der Waals surface area (Å²) in [6, 6.07) is 7.82. The van der Waals surface area contributed by atoms with E-state index in [4.69, 9.17) is 4.74 Å². The summed E-state index contributed by atoms with van der Waals surface area (Å²) in [7, 11) is 0. The molecule has 0 aliphatic heterocycles. The van der Waals surface area contributed by atoms with Crippen molar-refractivity contribution in [3.8, 4) is 11.4 Å². The molecule has 0 spiro atoms. The van der Waals surface area contributed by atoms with E-state index in [9.17, 15) is 14.9 Å². The number of nitro groups is 1. The molecular weight excluding hydrogens is 346 g/mol. The summed E-state index contributed by atoms with van der Waals surface area (Å²) in [5.74, 6) is -0.131. The van der Waals surface area contributed by atoms with Crippen molar-refractivity contribution in [2.45, 2.75) is 19.6 Å². The van der Waals surface area contributed by atoms with Crippen LogP contribution in [0.5, 0.6) is 0 Å². The van der Waals surface area contributed by atoms with E-state index in [1.807, 2.05) is 16.8 Å². The van der Waals surface area contributed by atoms with Crippen LogP contribution in [0.4, 0.5) is 5.69 Å². The number of rotatable bonds is 6. The fraction of sp³-hybridized carbons (Fsp3) is 0.200. The minimum absolute atomic E-state index is 0.0567. The highest BCUT2D eigenvalue weighted by atomic mass is 32.1. The standard InChI is InChI=1S/C15H13N5O4S/c1-10(11-3-2-4-13(7-11)20(22)23)24-14(21)8-19-17-15(16-18-19)12-5-6-25-9-12/h2-7,9-10H,8H2,1H3/t10-/m0/s1. The number of hydrogen-bond donors (Lipinski definition) is 0. The van der Waals surface area contributed by atoms with Gasteiger partial charge < -0.3 is 4.74 Å². The maximum atomic E-state index is 12.0. The van der Waals surface area contributed by atoms with Crippen molar-refractivity contribution >= 4 is 23.0 Å². The van der Waals surface area contributed by atoms with Crippen LogP contribution in [-0.4, -0.2) is 31.1 Å². The molecule has 0 saturated heterocycles. The molecule has 0 radical (unpaired) electrons. The molecule has 1 aromatic carbocycles. The van der Waals surface area contributed by atoms with Crippen molar-refractivity contribution < 1.29 is 14.5 Å². The number of nitro benzene ring substituents is 1. The van der Waals surface area contributed by atoms with Crippen LogP contribution in [0.25, 0.3) is 11.4 Å². The van der Waals surface area contributed by atoms with Gasteiger partial charge in [-0.2, -0.15) is 16.1 Å². The Morgan fingerprint density at radius 2 is 2.28 bits per heavy atom. The van der Waals surface area contributed by atoms with Gasteiger partial charge in [0.1, 0.15) is 6.10 Å². The van der Waals surface area contributed by atoms with Crippen LogP contribution in [0.15, 0.2) is 41.1 Å². The first-order chi connectivity index (χ1) is 12.0. The summed E-state index contributed by atoms with van der Waals surface area (Å²) in [6.07, 6.45) is -0.632. The molecule has 0 bridgehead atoms. The molecule has 3 rings (SSSR count). The van der Waals surface area contributed by atoms with Crippen LogP contribution in [0, 0.1) is 10.1 Å². The molecule has 1 atom stereocenters. The zero-order valence-electron chi connectivity index (χ0n) is 13.1. The Balaban J connectivity index is 1.62. The summed E-state index contributed by atoms with van der Waals surface area (Å²) in [5.41, 5.74) is 1.31. The number of benzene rings is 1. The molecule has 0 fully saturated rings. The number of carbonyl (C=O) groups excluding carboxylic acids is 1. The Labute approximate surface area is 146 Å². The molecule has 3 aromatic rings. The molecule has 2 aromatic heterocycles. The number of ether oxygens (including phenoxy) is 1. The Morgan fingerprint density at radius 3 is 3.00 bits per heavy atom. The SMILES string of the molecule is C[C@H](OC(=O)Cn1nnc(-c2ccsc2)n1)c1cccc([N+](=O)[O-])c1. The molecular formula is C15H13N5O4S. The van der Waals surface area contributed by atoms with E-state index < -0.39 is 17.0 Å². The second kappa shape index (κ2) is 7.18. The van der Waals surface area contributed by atoms with Gasteiger partial charge in [-0.05, 0) is 29.1 Å². The topological polar surface area (TPSA) is 113 Å². The van der Waals surface area contributed by atoms with Crippen LogP contribution in [-0.2, 0) is 16.1 Å². The van der Waals surface area contributed by atoms with Gasteiger partial charge in [-0.1, -0.05) is 12.1 Å². The normalized spacial score (nSPS) is 11.9. The number of esters is 1. The minimum Gasteiger partial charge on any atom is -0.456 e. The van der Waals surface area contributed by atoms with Crippen molar-refractivity contribution in [1.82, 2.24) is 20.2 Å². The zero-order chi connectivity index (χ0) is 17.8. The fourth-order valence-electron chi connectivity index (χ4n) is 2.13. The van der Waals surface area contributed by atoms with Gasteiger partial charge in [-0.15, -0.1) is 10.2 Å². The van der Waals surface area contributed by atoms with Crippen LogP contribution in [0.3, 0.4) is 0 Å². The number of non-ortho nitro benzene ring substituents is 1. The zero-order valence-corrected chi connectivity index (χ0v) is 13.9. The van der Waals surface area contributed by atoms with E-state index in [1.165, 1.54) is 23.5 Å². The Bertz CT molecular complexity index is 893. The molecule has 0 amide bonds. The van der Waals surface area contributed by atoms with Crippen LogP contribution < -0.4 is 0 Å². The molecule has 2 heterocycles. The average Bonchev–Trinajstić information content (AvgIpc) is 3.26. The first-order valence-electron chi connectivity index (χ1n) is 7.27. The number of carbonyl (C=O) groups is 1. The van der Waals surface area contributed by atoms with Crippen molar-refractivity contribution in [1.29, 1.82) is 0 Å². The van der Waals surface area contributed by atoms with Crippen LogP contribution in [0.2, 0.25) is 0 Å².